The van der Waals surface area contributed by atoms with Crippen LogP contribution in [-0.2, 0) is 64.0 Å². The summed E-state index contributed by atoms with van der Waals surface area (Å²) in [4.78, 5) is 108. The van der Waals surface area contributed by atoms with Crippen molar-refractivity contribution < 1.29 is 48.6 Å². The maximum absolute atomic E-state index is 13.7. The Labute approximate surface area is 392 Å². The van der Waals surface area contributed by atoms with Crippen LogP contribution in [0.1, 0.15) is 35.1 Å². The number of hydrogen-bond acceptors (Lipinski definition) is 12. The van der Waals surface area contributed by atoms with Crippen LogP contribution >= 0.6 is 0 Å². The number of rotatable bonds is 12. The van der Waals surface area contributed by atoms with Gasteiger partial charge < -0.3 is 53.6 Å². The van der Waals surface area contributed by atoms with Crippen LogP contribution in [-0.4, -0.2) is 107 Å². The van der Waals surface area contributed by atoms with Gasteiger partial charge in [0.25, 0.3) is 11.8 Å². The number of hydrazine groups is 1. The van der Waals surface area contributed by atoms with Crippen molar-refractivity contribution in [2.24, 2.45) is 11.5 Å². The molecule has 4 aromatic rings. The molecule has 1 aliphatic heterocycles. The van der Waals surface area contributed by atoms with Gasteiger partial charge in [-0.3, -0.25) is 49.2 Å². The molecule has 6 atom stereocenters. The van der Waals surface area contributed by atoms with Crippen LogP contribution in [0.5, 0.6) is 11.5 Å². The predicted molar refractivity (Wildman–Crippen MR) is 248 cm³/mol. The van der Waals surface area contributed by atoms with Crippen molar-refractivity contribution in [3.63, 3.8) is 0 Å². The smallest absolute Gasteiger partial charge is 0.261 e. The second-order valence-electron chi connectivity index (χ2n) is 16.1. The Morgan fingerprint density at radius 1 is 0.515 bits per heavy atom. The van der Waals surface area contributed by atoms with Gasteiger partial charge in [-0.1, -0.05) is 97.1 Å². The van der Waals surface area contributed by atoms with Gasteiger partial charge in [0.2, 0.25) is 35.4 Å². The number of nitrogens with one attached hydrogen (secondary N) is 8. The van der Waals surface area contributed by atoms with Crippen molar-refractivity contribution in [1.82, 2.24) is 42.8 Å². The molecule has 1 heterocycles. The van der Waals surface area contributed by atoms with E-state index in [2.05, 4.69) is 42.8 Å². The zero-order chi connectivity index (χ0) is 49.0. The highest BCUT2D eigenvalue weighted by atomic mass is 16.3. The number of phenolic OH excluding ortho intramolecular Hbond substituents is 2. The summed E-state index contributed by atoms with van der Waals surface area (Å²) in [5, 5.41) is 34.6. The summed E-state index contributed by atoms with van der Waals surface area (Å²) in [7, 11) is 0. The SMILES string of the molecule is N[C@@H](Cc1ccc(O)cc1)C(=O)N[C@@H]1C/C=C\C[C@@H](NC(=O)[C@@H](N)Cc2ccc(O)cc2)C(=O)NCC(=O)N[C@@H](Cc2ccccc2)C(=O)NNC(=O)[C@H](Cc2ccccc2)NC(=O)CNC1=O. The summed E-state index contributed by atoms with van der Waals surface area (Å²) in [5.41, 5.74) is 19.6. The number of carbonyl (C=O) groups is 8. The average Bonchev–Trinajstić information content (AvgIpc) is 3.33. The van der Waals surface area contributed by atoms with Gasteiger partial charge in [-0.05, 0) is 72.2 Å². The summed E-state index contributed by atoms with van der Waals surface area (Å²) in [5.74, 6) is -6.32. The fourth-order valence-corrected chi connectivity index (χ4v) is 6.93. The zero-order valence-corrected chi connectivity index (χ0v) is 37.0. The molecule has 1 aliphatic rings. The van der Waals surface area contributed by atoms with E-state index in [1.54, 1.807) is 84.9 Å². The molecular weight excluding hydrogens is 877 g/mol. The van der Waals surface area contributed by atoms with Crippen molar-refractivity contribution in [2.75, 3.05) is 13.1 Å². The summed E-state index contributed by atoms with van der Waals surface area (Å²) in [6.45, 7) is -1.30. The number of carbonyl (C=O) groups excluding carboxylic acids is 8. The predicted octanol–water partition coefficient (Wildman–Crippen LogP) is -1.31. The molecule has 0 aliphatic carbocycles. The van der Waals surface area contributed by atoms with E-state index in [9.17, 15) is 48.6 Å². The third-order valence-corrected chi connectivity index (χ3v) is 10.7. The van der Waals surface area contributed by atoms with Crippen molar-refractivity contribution in [3.05, 3.63) is 144 Å². The molecule has 0 fully saturated rings. The quantitative estimate of drug-likeness (QED) is 0.0738. The van der Waals surface area contributed by atoms with Crippen LogP contribution in [0.4, 0.5) is 0 Å². The molecule has 8 amide bonds. The van der Waals surface area contributed by atoms with E-state index < -0.39 is 96.6 Å². The topological polar surface area (TPSA) is 325 Å². The maximum Gasteiger partial charge on any atom is 0.261 e. The lowest BCUT2D eigenvalue weighted by molar-refractivity contribution is -0.134. The molecule has 20 nitrogen and oxygen atoms in total. The molecular formula is C48H56N10O10. The van der Waals surface area contributed by atoms with Gasteiger partial charge in [0, 0.05) is 12.8 Å². The normalized spacial score (nSPS) is 20.4. The first-order chi connectivity index (χ1) is 32.6. The van der Waals surface area contributed by atoms with Crippen molar-refractivity contribution in [1.29, 1.82) is 0 Å². The lowest BCUT2D eigenvalue weighted by Crippen LogP contribution is -2.59. The van der Waals surface area contributed by atoms with Crippen LogP contribution < -0.4 is 54.2 Å². The standard InChI is InChI=1S/C48H56N10O10/c49-35(23-31-15-19-33(59)20-16-31)43(63)55-37-13-7-8-14-38(56-44(64)36(50)24-32-17-21-34(60)22-18-32)46(66)52-28-42(62)54-40(26-30-11-5-2-6-12-30)48(68)58-57-47(67)39(25-29-9-3-1-4-10-29)53-41(61)27-51-45(37)65/h1-12,15-22,35-40,59-60H,13-14,23-28,49-50H2,(H,51,65)(H,52,66)(H,53,61)(H,54,62)(H,55,63)(H,56,64)(H,57,67)(H,58,68)/b8-7-/t35-,36-,37+,38+,39-,40-/m0/s1. The Kier molecular flexibility index (Phi) is 19.1. The van der Waals surface area contributed by atoms with Gasteiger partial charge in [-0.15, -0.1) is 0 Å². The summed E-state index contributed by atoms with van der Waals surface area (Å²) >= 11 is 0. The van der Waals surface area contributed by atoms with Crippen LogP contribution in [0, 0.1) is 0 Å². The molecule has 5 rings (SSSR count). The van der Waals surface area contributed by atoms with E-state index in [1.807, 2.05) is 0 Å². The molecule has 68 heavy (non-hydrogen) atoms. The Hall–Kier alpha value is -8.10. The van der Waals surface area contributed by atoms with E-state index in [4.69, 9.17) is 11.5 Å². The minimum Gasteiger partial charge on any atom is -0.508 e. The molecule has 0 spiro atoms. The summed E-state index contributed by atoms with van der Waals surface area (Å²) in [6, 6.07) is 21.9. The largest absolute Gasteiger partial charge is 0.508 e. The molecule has 14 N–H and O–H groups in total. The lowest BCUT2D eigenvalue weighted by atomic mass is 10.0. The van der Waals surface area contributed by atoms with Gasteiger partial charge >= 0.3 is 0 Å². The van der Waals surface area contributed by atoms with Crippen LogP contribution in [0.15, 0.2) is 121 Å². The molecule has 0 saturated carbocycles. The Bertz CT molecular complexity index is 2240. The van der Waals surface area contributed by atoms with Gasteiger partial charge in [0.05, 0.1) is 25.2 Å². The zero-order valence-electron chi connectivity index (χ0n) is 37.0. The second-order valence-corrected chi connectivity index (χ2v) is 16.1. The van der Waals surface area contributed by atoms with Gasteiger partial charge in [-0.2, -0.15) is 0 Å². The number of benzene rings is 4. The minimum atomic E-state index is -1.33. The number of phenols is 2. The van der Waals surface area contributed by atoms with Crippen molar-refractivity contribution >= 4 is 47.3 Å². The summed E-state index contributed by atoms with van der Waals surface area (Å²) < 4.78 is 0. The Morgan fingerprint density at radius 2 is 0.868 bits per heavy atom. The highest BCUT2D eigenvalue weighted by Gasteiger charge is 2.29. The average molecular weight is 933 g/mol. The molecule has 4 aromatic carbocycles. The number of aromatic hydroxyl groups is 2. The van der Waals surface area contributed by atoms with Gasteiger partial charge in [-0.25, -0.2) is 0 Å². The van der Waals surface area contributed by atoms with E-state index in [0.29, 0.717) is 22.3 Å². The first kappa shape index (κ1) is 50.9. The van der Waals surface area contributed by atoms with Gasteiger partial charge in [0.15, 0.2) is 0 Å². The Morgan fingerprint density at radius 3 is 1.22 bits per heavy atom. The first-order valence-electron chi connectivity index (χ1n) is 21.8. The van der Waals surface area contributed by atoms with E-state index in [0.717, 1.165) is 0 Å². The van der Waals surface area contributed by atoms with E-state index in [-0.39, 0.29) is 50.0 Å². The maximum atomic E-state index is 13.7. The first-order valence-corrected chi connectivity index (χ1v) is 21.8. The highest BCUT2D eigenvalue weighted by Crippen LogP contribution is 2.13. The molecule has 20 heteroatoms. The van der Waals surface area contributed by atoms with Crippen LogP contribution in [0.2, 0.25) is 0 Å². The third-order valence-electron chi connectivity index (χ3n) is 10.7. The second kappa shape index (κ2) is 25.6. The fraction of sp³-hybridized carbons (Fsp3) is 0.292. The molecule has 0 bridgehead atoms. The number of amides is 8. The monoisotopic (exact) mass is 932 g/mol. The number of nitrogens with two attached hydrogens (primary N) is 2. The van der Waals surface area contributed by atoms with Crippen molar-refractivity contribution in [2.45, 2.75) is 74.8 Å². The van der Waals surface area contributed by atoms with Crippen LogP contribution in [0.25, 0.3) is 0 Å². The molecule has 0 unspecified atom stereocenters. The fourth-order valence-electron chi connectivity index (χ4n) is 6.93. The lowest BCUT2D eigenvalue weighted by Gasteiger charge is -2.23. The number of hydrogen-bond donors (Lipinski definition) is 12. The van der Waals surface area contributed by atoms with Crippen LogP contribution in [0.3, 0.4) is 0 Å². The molecule has 0 aromatic heterocycles. The highest BCUT2D eigenvalue weighted by molar-refractivity contribution is 5.96. The molecule has 0 saturated heterocycles. The van der Waals surface area contributed by atoms with E-state index >= 15 is 0 Å². The molecule has 358 valence electrons. The third kappa shape index (κ3) is 16.7. The van der Waals surface area contributed by atoms with Gasteiger partial charge in [0.1, 0.15) is 35.7 Å². The Balaban J connectivity index is 1.40. The van der Waals surface area contributed by atoms with E-state index in [1.165, 1.54) is 36.4 Å². The minimum absolute atomic E-state index is 0.0154. The summed E-state index contributed by atoms with van der Waals surface area (Å²) in [6.07, 6.45) is 2.56. The van der Waals surface area contributed by atoms with Crippen molar-refractivity contribution in [3.8, 4) is 11.5 Å². The molecule has 0 radical (unpaired) electrons.